The van der Waals surface area contributed by atoms with Crippen molar-refractivity contribution in [1.82, 2.24) is 25.1 Å². The molecule has 0 spiro atoms. The van der Waals surface area contributed by atoms with Crippen LogP contribution >= 0.6 is 0 Å². The number of methoxy groups -OCH3 is 1. The second-order valence-electron chi connectivity index (χ2n) is 7.43. The normalized spacial score (nSPS) is 10.7. The first-order valence-electron chi connectivity index (χ1n) is 10.4. The summed E-state index contributed by atoms with van der Waals surface area (Å²) in [6.07, 6.45) is 7.56. The zero-order valence-electron chi connectivity index (χ0n) is 18.2. The van der Waals surface area contributed by atoms with Crippen molar-refractivity contribution in [3.63, 3.8) is 0 Å². The standard InChI is InChI=1S/C25H25N5O2/c1-18-3-6-21(16-28-18)25-23(20-9-11-26-12-10-20)17-29-30(25)14-13-27-24(31)15-19-4-7-22(32-2)8-5-19/h3-12,16-17H,13-15H2,1-2H3,(H,27,31). The maximum absolute atomic E-state index is 12.4. The molecule has 0 saturated heterocycles. The molecule has 0 bridgehead atoms. The molecule has 0 unspecified atom stereocenters. The summed E-state index contributed by atoms with van der Waals surface area (Å²) < 4.78 is 7.07. The maximum atomic E-state index is 12.4. The zero-order chi connectivity index (χ0) is 22.3. The highest BCUT2D eigenvalue weighted by atomic mass is 16.5. The summed E-state index contributed by atoms with van der Waals surface area (Å²) in [5, 5.41) is 7.58. The van der Waals surface area contributed by atoms with E-state index in [1.165, 1.54) is 0 Å². The smallest absolute Gasteiger partial charge is 0.224 e. The van der Waals surface area contributed by atoms with Gasteiger partial charge in [0.05, 0.1) is 32.0 Å². The number of hydrogen-bond donors (Lipinski definition) is 1. The van der Waals surface area contributed by atoms with Crippen LogP contribution in [-0.2, 0) is 17.8 Å². The third kappa shape index (κ3) is 5.00. The van der Waals surface area contributed by atoms with Gasteiger partial charge in [0.15, 0.2) is 0 Å². The summed E-state index contributed by atoms with van der Waals surface area (Å²) in [4.78, 5) is 20.9. The molecule has 0 aliphatic rings. The summed E-state index contributed by atoms with van der Waals surface area (Å²) in [6, 6.07) is 15.5. The van der Waals surface area contributed by atoms with Gasteiger partial charge in [0.25, 0.3) is 0 Å². The van der Waals surface area contributed by atoms with Crippen LogP contribution in [0.4, 0.5) is 0 Å². The molecule has 32 heavy (non-hydrogen) atoms. The molecule has 0 radical (unpaired) electrons. The van der Waals surface area contributed by atoms with Crippen LogP contribution in [-0.4, -0.2) is 39.3 Å². The fraction of sp³-hybridized carbons (Fsp3) is 0.200. The molecule has 1 aromatic carbocycles. The molecule has 162 valence electrons. The van der Waals surface area contributed by atoms with Gasteiger partial charge < -0.3 is 10.1 Å². The molecule has 4 rings (SSSR count). The van der Waals surface area contributed by atoms with Gasteiger partial charge in [0, 0.05) is 42.0 Å². The van der Waals surface area contributed by atoms with Crippen molar-refractivity contribution < 1.29 is 9.53 Å². The number of amides is 1. The van der Waals surface area contributed by atoms with Crippen LogP contribution in [0.1, 0.15) is 11.3 Å². The molecule has 0 aliphatic heterocycles. The first-order chi connectivity index (χ1) is 15.6. The van der Waals surface area contributed by atoms with E-state index in [9.17, 15) is 4.79 Å². The highest BCUT2D eigenvalue weighted by molar-refractivity contribution is 5.80. The van der Waals surface area contributed by atoms with Gasteiger partial charge in [-0.05, 0) is 54.4 Å². The summed E-state index contributed by atoms with van der Waals surface area (Å²) in [5.41, 5.74) is 5.87. The van der Waals surface area contributed by atoms with Crippen LogP contribution < -0.4 is 10.1 Å². The molecule has 7 nitrogen and oxygen atoms in total. The topological polar surface area (TPSA) is 81.9 Å². The minimum absolute atomic E-state index is 0.0322. The molecular formula is C25H25N5O2. The fourth-order valence-electron chi connectivity index (χ4n) is 3.50. The van der Waals surface area contributed by atoms with Crippen molar-refractivity contribution in [2.24, 2.45) is 0 Å². The van der Waals surface area contributed by atoms with Crippen LogP contribution in [0.2, 0.25) is 0 Å². The lowest BCUT2D eigenvalue weighted by molar-refractivity contribution is -0.120. The lowest BCUT2D eigenvalue weighted by Gasteiger charge is -2.11. The van der Waals surface area contributed by atoms with E-state index in [0.29, 0.717) is 19.5 Å². The first-order valence-corrected chi connectivity index (χ1v) is 10.4. The number of aromatic nitrogens is 4. The highest BCUT2D eigenvalue weighted by Gasteiger charge is 2.15. The summed E-state index contributed by atoms with van der Waals surface area (Å²) in [6.45, 7) is 2.98. The number of ether oxygens (including phenoxy) is 1. The Bertz CT molecular complexity index is 1170. The Kier molecular flexibility index (Phi) is 6.55. The van der Waals surface area contributed by atoms with Crippen molar-refractivity contribution in [2.75, 3.05) is 13.7 Å². The minimum Gasteiger partial charge on any atom is -0.497 e. The first kappa shape index (κ1) is 21.2. The van der Waals surface area contributed by atoms with Crippen LogP contribution in [0.15, 0.2) is 73.3 Å². The number of nitrogens with zero attached hydrogens (tertiary/aromatic N) is 4. The average Bonchev–Trinajstić information content (AvgIpc) is 3.24. The van der Waals surface area contributed by atoms with Gasteiger partial charge in [-0.25, -0.2) is 0 Å². The van der Waals surface area contributed by atoms with Gasteiger partial charge in [-0.3, -0.25) is 19.4 Å². The van der Waals surface area contributed by atoms with E-state index in [0.717, 1.165) is 39.4 Å². The third-order valence-corrected chi connectivity index (χ3v) is 5.19. The van der Waals surface area contributed by atoms with Gasteiger partial charge in [-0.2, -0.15) is 5.10 Å². The van der Waals surface area contributed by atoms with Crippen molar-refractivity contribution in [3.05, 3.63) is 84.6 Å². The van der Waals surface area contributed by atoms with E-state index in [1.807, 2.05) is 72.5 Å². The molecular weight excluding hydrogens is 402 g/mol. The van der Waals surface area contributed by atoms with Crippen molar-refractivity contribution >= 4 is 5.91 Å². The molecule has 0 fully saturated rings. The molecule has 0 saturated carbocycles. The molecule has 3 heterocycles. The lowest BCUT2D eigenvalue weighted by Crippen LogP contribution is -2.29. The summed E-state index contributed by atoms with van der Waals surface area (Å²) in [7, 11) is 1.62. The Hall–Kier alpha value is -4.00. The zero-order valence-corrected chi connectivity index (χ0v) is 18.2. The Labute approximate surface area is 187 Å². The Morgan fingerprint density at radius 2 is 1.78 bits per heavy atom. The maximum Gasteiger partial charge on any atom is 0.224 e. The van der Waals surface area contributed by atoms with E-state index in [1.54, 1.807) is 19.5 Å². The monoisotopic (exact) mass is 427 g/mol. The number of aryl methyl sites for hydroxylation is 1. The van der Waals surface area contributed by atoms with Gasteiger partial charge in [-0.1, -0.05) is 12.1 Å². The number of carbonyl (C=O) groups excluding carboxylic acids is 1. The van der Waals surface area contributed by atoms with Crippen LogP contribution in [0.25, 0.3) is 22.4 Å². The molecule has 1 amide bonds. The average molecular weight is 428 g/mol. The van der Waals surface area contributed by atoms with Gasteiger partial charge in [-0.15, -0.1) is 0 Å². The SMILES string of the molecule is COc1ccc(CC(=O)NCCn2ncc(-c3ccncc3)c2-c2ccc(C)nc2)cc1. The quantitative estimate of drug-likeness (QED) is 0.464. The van der Waals surface area contributed by atoms with Gasteiger partial charge in [0.2, 0.25) is 5.91 Å². The Morgan fingerprint density at radius 3 is 2.47 bits per heavy atom. The van der Waals surface area contributed by atoms with Crippen LogP contribution in [0, 0.1) is 6.92 Å². The second-order valence-corrected chi connectivity index (χ2v) is 7.43. The Morgan fingerprint density at radius 1 is 1.00 bits per heavy atom. The van der Waals surface area contributed by atoms with E-state index in [-0.39, 0.29) is 5.91 Å². The van der Waals surface area contributed by atoms with Crippen molar-refractivity contribution in [3.8, 4) is 28.1 Å². The largest absolute Gasteiger partial charge is 0.497 e. The van der Waals surface area contributed by atoms with Crippen molar-refractivity contribution in [2.45, 2.75) is 19.9 Å². The molecule has 0 aliphatic carbocycles. The van der Waals surface area contributed by atoms with Gasteiger partial charge in [0.1, 0.15) is 5.75 Å². The predicted molar refractivity (Wildman–Crippen MR) is 123 cm³/mol. The van der Waals surface area contributed by atoms with Gasteiger partial charge >= 0.3 is 0 Å². The fourth-order valence-corrected chi connectivity index (χ4v) is 3.50. The van der Waals surface area contributed by atoms with Crippen molar-refractivity contribution in [1.29, 1.82) is 0 Å². The number of rotatable bonds is 8. The highest BCUT2D eigenvalue weighted by Crippen LogP contribution is 2.31. The third-order valence-electron chi connectivity index (χ3n) is 5.19. The second kappa shape index (κ2) is 9.87. The number of carbonyl (C=O) groups is 1. The minimum atomic E-state index is -0.0322. The van der Waals surface area contributed by atoms with E-state index >= 15 is 0 Å². The Balaban J connectivity index is 1.47. The number of nitrogens with one attached hydrogen (secondary N) is 1. The lowest BCUT2D eigenvalue weighted by atomic mass is 10.0. The molecule has 0 atom stereocenters. The van der Waals surface area contributed by atoms with Crippen LogP contribution in [0.5, 0.6) is 5.75 Å². The molecule has 4 aromatic rings. The van der Waals surface area contributed by atoms with E-state index < -0.39 is 0 Å². The number of hydrogen-bond acceptors (Lipinski definition) is 5. The van der Waals surface area contributed by atoms with Crippen LogP contribution in [0.3, 0.4) is 0 Å². The van der Waals surface area contributed by atoms with E-state index in [2.05, 4.69) is 20.4 Å². The van der Waals surface area contributed by atoms with E-state index in [4.69, 9.17) is 4.74 Å². The number of benzene rings is 1. The molecule has 1 N–H and O–H groups in total. The number of pyridine rings is 2. The predicted octanol–water partition coefficient (Wildman–Crippen LogP) is 3.68. The molecule has 3 aromatic heterocycles. The summed E-state index contributed by atoms with van der Waals surface area (Å²) in [5.74, 6) is 0.742. The molecule has 7 heteroatoms. The summed E-state index contributed by atoms with van der Waals surface area (Å²) >= 11 is 0.